The van der Waals surface area contributed by atoms with Crippen LogP contribution in [0.2, 0.25) is 0 Å². The third-order valence-electron chi connectivity index (χ3n) is 3.34. The predicted octanol–water partition coefficient (Wildman–Crippen LogP) is 2.38. The van der Waals surface area contributed by atoms with E-state index < -0.39 is 16.1 Å². The second-order valence-electron chi connectivity index (χ2n) is 5.18. The number of oxime groups is 1. The van der Waals surface area contributed by atoms with Crippen LogP contribution in [0.5, 0.6) is 5.75 Å². The highest BCUT2D eigenvalue weighted by molar-refractivity contribution is 7.87. The molecule has 9 heteroatoms. The summed E-state index contributed by atoms with van der Waals surface area (Å²) in [5.74, 6) is -1.03. The van der Waals surface area contributed by atoms with Crippen molar-refractivity contribution in [2.75, 3.05) is 6.61 Å². The molecule has 0 aliphatic carbocycles. The molecular formula is C16H18N2O6S. The maximum Gasteiger partial charge on any atom is 0.343 e. The van der Waals surface area contributed by atoms with Gasteiger partial charge < -0.3 is 19.1 Å². The molecule has 0 saturated heterocycles. The van der Waals surface area contributed by atoms with Gasteiger partial charge >= 0.3 is 16.1 Å². The van der Waals surface area contributed by atoms with Gasteiger partial charge in [0.2, 0.25) is 0 Å². The molecule has 1 aromatic heterocycles. The minimum atomic E-state index is -4.20. The summed E-state index contributed by atoms with van der Waals surface area (Å²) < 4.78 is 35.1. The molecule has 0 fully saturated rings. The highest BCUT2D eigenvalue weighted by Gasteiger charge is 2.28. The number of nitrogens with zero attached hydrogens (tertiary/aromatic N) is 1. The van der Waals surface area contributed by atoms with Crippen LogP contribution in [0, 0.1) is 13.8 Å². The number of aromatic nitrogens is 1. The average molecular weight is 366 g/mol. The Bertz CT molecular complexity index is 897. The van der Waals surface area contributed by atoms with Crippen LogP contribution >= 0.6 is 0 Å². The number of benzene rings is 1. The Labute approximate surface area is 145 Å². The van der Waals surface area contributed by atoms with E-state index in [1.54, 1.807) is 26.0 Å². The molecule has 2 aromatic rings. The van der Waals surface area contributed by atoms with Crippen LogP contribution in [0.4, 0.5) is 0 Å². The van der Waals surface area contributed by atoms with Gasteiger partial charge in [0, 0.05) is 5.69 Å². The number of ether oxygens (including phenoxy) is 1. The largest absolute Gasteiger partial charge is 0.462 e. The monoisotopic (exact) mass is 366 g/mol. The zero-order valence-electron chi connectivity index (χ0n) is 13.9. The van der Waals surface area contributed by atoms with Crippen molar-refractivity contribution >= 4 is 22.3 Å². The Morgan fingerprint density at radius 1 is 1.28 bits per heavy atom. The minimum absolute atomic E-state index is 0.0266. The van der Waals surface area contributed by atoms with Crippen molar-refractivity contribution in [2.24, 2.45) is 5.16 Å². The van der Waals surface area contributed by atoms with Gasteiger partial charge in [-0.1, -0.05) is 22.9 Å². The molecule has 25 heavy (non-hydrogen) atoms. The molecule has 1 heterocycles. The Morgan fingerprint density at radius 2 is 1.92 bits per heavy atom. The number of nitrogens with one attached hydrogen (secondary N) is 1. The Kier molecular flexibility index (Phi) is 5.48. The van der Waals surface area contributed by atoms with Crippen molar-refractivity contribution in [3.8, 4) is 5.75 Å². The number of rotatable bonds is 6. The molecule has 0 unspecified atom stereocenters. The van der Waals surface area contributed by atoms with E-state index in [1.165, 1.54) is 12.1 Å². The van der Waals surface area contributed by atoms with E-state index in [0.717, 1.165) is 11.8 Å². The van der Waals surface area contributed by atoms with Gasteiger partial charge in [0.15, 0.2) is 5.75 Å². The van der Waals surface area contributed by atoms with Crippen molar-refractivity contribution in [1.82, 2.24) is 4.98 Å². The van der Waals surface area contributed by atoms with E-state index in [0.29, 0.717) is 5.69 Å². The highest BCUT2D eigenvalue weighted by Crippen LogP contribution is 2.30. The highest BCUT2D eigenvalue weighted by atomic mass is 32.2. The van der Waals surface area contributed by atoms with Gasteiger partial charge in [0.25, 0.3) is 0 Å². The number of esters is 1. The second-order valence-corrected chi connectivity index (χ2v) is 6.73. The fraction of sp³-hybridized carbons (Fsp3) is 0.250. The van der Waals surface area contributed by atoms with Crippen molar-refractivity contribution in [1.29, 1.82) is 0 Å². The van der Waals surface area contributed by atoms with E-state index in [1.807, 2.05) is 6.92 Å². The van der Waals surface area contributed by atoms with Crippen LogP contribution in [-0.4, -0.2) is 37.4 Å². The van der Waals surface area contributed by atoms with E-state index in [9.17, 15) is 13.2 Å². The van der Waals surface area contributed by atoms with Gasteiger partial charge in [-0.25, -0.2) is 4.79 Å². The molecule has 0 radical (unpaired) electrons. The van der Waals surface area contributed by atoms with Gasteiger partial charge in [-0.3, -0.25) is 0 Å². The number of aryl methyl sites for hydroxylation is 2. The van der Waals surface area contributed by atoms with Crippen LogP contribution in [-0.2, 0) is 14.9 Å². The summed E-state index contributed by atoms with van der Waals surface area (Å²) in [7, 11) is -4.20. The van der Waals surface area contributed by atoms with Crippen LogP contribution in [0.3, 0.4) is 0 Å². The fourth-order valence-corrected chi connectivity index (χ4v) is 3.13. The smallest absolute Gasteiger partial charge is 0.343 e. The Balaban J connectivity index is 2.53. The Morgan fingerprint density at radius 3 is 2.48 bits per heavy atom. The SMILES string of the molecule is CCOC(=O)c1c(C)[nH]c(C=NO)c1OS(=O)(=O)c1ccc(C)cc1. The summed E-state index contributed by atoms with van der Waals surface area (Å²) in [5, 5.41) is 11.6. The maximum absolute atomic E-state index is 12.5. The maximum atomic E-state index is 12.5. The lowest BCUT2D eigenvalue weighted by molar-refractivity contribution is 0.0524. The van der Waals surface area contributed by atoms with Crippen molar-refractivity contribution in [3.63, 3.8) is 0 Å². The van der Waals surface area contributed by atoms with Crippen molar-refractivity contribution in [3.05, 3.63) is 46.8 Å². The second kappa shape index (κ2) is 7.39. The summed E-state index contributed by atoms with van der Waals surface area (Å²) in [6.07, 6.45) is 0.940. The third kappa shape index (κ3) is 4.00. The van der Waals surface area contributed by atoms with Crippen LogP contribution < -0.4 is 4.18 Å². The molecule has 8 nitrogen and oxygen atoms in total. The molecule has 134 valence electrons. The first kappa shape index (κ1) is 18.5. The molecule has 0 aliphatic heterocycles. The molecule has 0 bridgehead atoms. The lowest BCUT2D eigenvalue weighted by Crippen LogP contribution is -2.14. The molecule has 0 amide bonds. The molecule has 0 aliphatic rings. The summed E-state index contributed by atoms with van der Waals surface area (Å²) in [4.78, 5) is 14.8. The minimum Gasteiger partial charge on any atom is -0.462 e. The van der Waals surface area contributed by atoms with E-state index in [4.69, 9.17) is 14.1 Å². The molecule has 0 spiro atoms. The van der Waals surface area contributed by atoms with Crippen LogP contribution in [0.25, 0.3) is 0 Å². The first-order valence-electron chi connectivity index (χ1n) is 7.38. The topological polar surface area (TPSA) is 118 Å². The van der Waals surface area contributed by atoms with E-state index >= 15 is 0 Å². The first-order chi connectivity index (χ1) is 11.8. The summed E-state index contributed by atoms with van der Waals surface area (Å²) >= 11 is 0. The number of H-pyrrole nitrogens is 1. The predicted molar refractivity (Wildman–Crippen MR) is 89.9 cm³/mol. The summed E-state index contributed by atoms with van der Waals surface area (Å²) in [5.41, 5.74) is 1.16. The molecule has 2 N–H and O–H groups in total. The number of carbonyl (C=O) groups excluding carboxylic acids is 1. The number of hydrogen-bond acceptors (Lipinski definition) is 7. The first-order valence-corrected chi connectivity index (χ1v) is 8.79. The van der Waals surface area contributed by atoms with Crippen LogP contribution in [0.1, 0.15) is 34.2 Å². The van der Waals surface area contributed by atoms with E-state index in [-0.39, 0.29) is 28.5 Å². The number of hydrogen-bond donors (Lipinski definition) is 2. The molecule has 0 saturated carbocycles. The molecule has 2 rings (SSSR count). The van der Waals surface area contributed by atoms with Crippen molar-refractivity contribution in [2.45, 2.75) is 25.7 Å². The summed E-state index contributed by atoms with van der Waals surface area (Å²) in [6, 6.07) is 6.05. The fourth-order valence-electron chi connectivity index (χ4n) is 2.17. The third-order valence-corrected chi connectivity index (χ3v) is 4.57. The quantitative estimate of drug-likeness (QED) is 0.266. The standard InChI is InChI=1S/C16H18N2O6S/c1-4-23-16(19)14-11(3)18-13(9-17-20)15(14)24-25(21,22)12-7-5-10(2)6-8-12/h5-9,18,20H,4H2,1-3H3. The molecule has 1 aromatic carbocycles. The number of aromatic amines is 1. The Hall–Kier alpha value is -2.81. The lowest BCUT2D eigenvalue weighted by Gasteiger charge is -2.09. The molecule has 0 atom stereocenters. The molecular weight excluding hydrogens is 348 g/mol. The zero-order chi connectivity index (χ0) is 18.6. The average Bonchev–Trinajstić information content (AvgIpc) is 2.83. The van der Waals surface area contributed by atoms with Gasteiger partial charge in [0.05, 0.1) is 12.8 Å². The van der Waals surface area contributed by atoms with E-state index in [2.05, 4.69) is 10.1 Å². The van der Waals surface area contributed by atoms with Crippen molar-refractivity contribution < 1.29 is 27.3 Å². The van der Waals surface area contributed by atoms with Crippen LogP contribution in [0.15, 0.2) is 34.3 Å². The summed E-state index contributed by atoms with van der Waals surface area (Å²) in [6.45, 7) is 5.10. The van der Waals surface area contributed by atoms with Gasteiger partial charge in [-0.15, -0.1) is 0 Å². The van der Waals surface area contributed by atoms with Gasteiger partial charge in [0.1, 0.15) is 16.2 Å². The lowest BCUT2D eigenvalue weighted by atomic mass is 10.2. The van der Waals surface area contributed by atoms with Gasteiger partial charge in [-0.05, 0) is 32.9 Å². The number of carbonyl (C=O) groups is 1. The zero-order valence-corrected chi connectivity index (χ0v) is 14.8. The van der Waals surface area contributed by atoms with Gasteiger partial charge in [-0.2, -0.15) is 8.42 Å². The normalized spacial score (nSPS) is 11.6.